The molecule has 0 amide bonds. The molecule has 2 aromatic carbocycles. The predicted octanol–water partition coefficient (Wildman–Crippen LogP) is 3.60. The molecular weight excluding hydrogens is 559 g/mol. The Labute approximate surface area is 246 Å². The molecule has 1 unspecified atom stereocenters. The number of aromatic nitrogens is 1. The van der Waals surface area contributed by atoms with E-state index in [4.69, 9.17) is 14.2 Å². The standard InChI is InChI=1S/C31H37FN4O5S/c1-4-15-36-21(16-23-25(8-5-9-28(23)36)35-26-12-14-33-18-24(26)32)7-6-13-34-27-11-10-22(17-29(27)40-3)42(37,38)20-31-30(41-31)19-39-2/h4-5,8-11,16-17,24,26,30-31,33-35H,1,12-15,18-20H2,2-3H3/t24-,26+,30+,31?/m1/s1. The van der Waals surface area contributed by atoms with E-state index >= 15 is 0 Å². The van der Waals surface area contributed by atoms with E-state index in [1.165, 1.54) is 13.2 Å². The van der Waals surface area contributed by atoms with Crippen LogP contribution in [0.2, 0.25) is 0 Å². The third-order valence-corrected chi connectivity index (χ3v) is 9.26. The fourth-order valence-corrected chi connectivity index (χ4v) is 6.74. The Morgan fingerprint density at radius 1 is 1.21 bits per heavy atom. The average molecular weight is 597 g/mol. The lowest BCUT2D eigenvalue weighted by molar-refractivity contribution is 0.171. The summed E-state index contributed by atoms with van der Waals surface area (Å²) in [5.41, 5.74) is 3.32. The molecule has 4 atom stereocenters. The zero-order valence-electron chi connectivity index (χ0n) is 23.9. The third-order valence-electron chi connectivity index (χ3n) is 7.52. The fraction of sp³-hybridized carbons (Fsp3) is 0.419. The highest BCUT2D eigenvalue weighted by Gasteiger charge is 2.42. The summed E-state index contributed by atoms with van der Waals surface area (Å²) < 4.78 is 58.2. The van der Waals surface area contributed by atoms with Crippen LogP contribution in [-0.2, 0) is 25.9 Å². The summed E-state index contributed by atoms with van der Waals surface area (Å²) in [4.78, 5) is 0.171. The highest BCUT2D eigenvalue weighted by atomic mass is 32.2. The van der Waals surface area contributed by atoms with Gasteiger partial charge in [0.25, 0.3) is 0 Å². The minimum absolute atomic E-state index is 0.107. The Hall–Kier alpha value is -3.56. The van der Waals surface area contributed by atoms with Crippen molar-refractivity contribution in [2.24, 2.45) is 0 Å². The number of anilines is 2. The van der Waals surface area contributed by atoms with Crippen molar-refractivity contribution in [3.8, 4) is 17.6 Å². The van der Waals surface area contributed by atoms with E-state index in [1.54, 1.807) is 19.2 Å². The number of piperidine rings is 1. The maximum absolute atomic E-state index is 14.5. The Kier molecular flexibility index (Phi) is 9.38. The summed E-state index contributed by atoms with van der Waals surface area (Å²) in [5, 5.41) is 10.7. The van der Waals surface area contributed by atoms with E-state index in [1.807, 2.05) is 30.3 Å². The van der Waals surface area contributed by atoms with Gasteiger partial charge in [-0.25, -0.2) is 12.8 Å². The van der Waals surface area contributed by atoms with Gasteiger partial charge in [0.15, 0.2) is 9.84 Å². The predicted molar refractivity (Wildman–Crippen MR) is 163 cm³/mol. The quantitative estimate of drug-likeness (QED) is 0.166. The van der Waals surface area contributed by atoms with E-state index < -0.39 is 16.0 Å². The monoisotopic (exact) mass is 596 g/mol. The van der Waals surface area contributed by atoms with Gasteiger partial charge in [-0.05, 0) is 49.2 Å². The van der Waals surface area contributed by atoms with Gasteiger partial charge in [0.2, 0.25) is 0 Å². The normalized spacial score (nSPS) is 21.8. The highest BCUT2D eigenvalue weighted by Crippen LogP contribution is 2.32. The molecule has 3 N–H and O–H groups in total. The molecule has 3 aromatic rings. The number of ether oxygens (including phenoxy) is 3. The molecular formula is C31H37FN4O5S. The highest BCUT2D eigenvalue weighted by molar-refractivity contribution is 7.91. The van der Waals surface area contributed by atoms with Crippen LogP contribution in [0.4, 0.5) is 15.8 Å². The largest absolute Gasteiger partial charge is 0.495 e. The van der Waals surface area contributed by atoms with Gasteiger partial charge in [-0.1, -0.05) is 18.1 Å². The molecule has 5 rings (SSSR count). The number of methoxy groups -OCH3 is 2. The minimum Gasteiger partial charge on any atom is -0.495 e. The Balaban J connectivity index is 1.30. The molecule has 0 spiro atoms. The number of nitrogens with one attached hydrogen (secondary N) is 3. The van der Waals surface area contributed by atoms with E-state index in [0.29, 0.717) is 44.1 Å². The Morgan fingerprint density at radius 2 is 2.07 bits per heavy atom. The van der Waals surface area contributed by atoms with Crippen molar-refractivity contribution in [2.75, 3.05) is 56.8 Å². The first-order chi connectivity index (χ1) is 20.3. The third kappa shape index (κ3) is 6.73. The van der Waals surface area contributed by atoms with E-state index in [-0.39, 0.29) is 28.9 Å². The molecule has 9 nitrogen and oxygen atoms in total. The van der Waals surface area contributed by atoms with Crippen molar-refractivity contribution in [2.45, 2.75) is 42.3 Å². The first kappa shape index (κ1) is 29.9. The van der Waals surface area contributed by atoms with Crippen molar-refractivity contribution in [3.63, 3.8) is 0 Å². The smallest absolute Gasteiger partial charge is 0.181 e. The number of halogens is 1. The molecule has 2 saturated heterocycles. The number of sulfone groups is 1. The molecule has 3 heterocycles. The number of hydrogen-bond acceptors (Lipinski definition) is 8. The summed E-state index contributed by atoms with van der Waals surface area (Å²) >= 11 is 0. The van der Waals surface area contributed by atoms with Crippen LogP contribution in [0, 0.1) is 11.8 Å². The van der Waals surface area contributed by atoms with Gasteiger partial charge in [-0.3, -0.25) is 0 Å². The first-order valence-electron chi connectivity index (χ1n) is 14.0. The second-order valence-electron chi connectivity index (χ2n) is 10.4. The summed E-state index contributed by atoms with van der Waals surface area (Å²) in [5.74, 6) is 6.70. The maximum atomic E-state index is 14.5. The van der Waals surface area contributed by atoms with Crippen molar-refractivity contribution >= 4 is 32.1 Å². The lowest BCUT2D eigenvalue weighted by atomic mass is 10.0. The van der Waals surface area contributed by atoms with Crippen molar-refractivity contribution < 1.29 is 27.0 Å². The second kappa shape index (κ2) is 13.2. The summed E-state index contributed by atoms with van der Waals surface area (Å²) in [6.07, 6.45) is 1.03. The van der Waals surface area contributed by atoms with Gasteiger partial charge in [0, 0.05) is 37.3 Å². The number of nitrogens with zero attached hydrogens (tertiary/aromatic N) is 1. The number of rotatable bonds is 12. The van der Waals surface area contributed by atoms with E-state index in [9.17, 15) is 12.8 Å². The number of allylic oxidation sites excluding steroid dienone is 1. The van der Waals surface area contributed by atoms with Crippen LogP contribution in [0.1, 0.15) is 12.1 Å². The second-order valence-corrected chi connectivity index (χ2v) is 12.4. The Bertz CT molecular complexity index is 1600. The van der Waals surface area contributed by atoms with Crippen LogP contribution in [0.3, 0.4) is 0 Å². The number of epoxide rings is 1. The maximum Gasteiger partial charge on any atom is 0.181 e. The molecule has 2 aliphatic rings. The molecule has 2 aliphatic heterocycles. The van der Waals surface area contributed by atoms with Gasteiger partial charge >= 0.3 is 0 Å². The van der Waals surface area contributed by atoms with E-state index in [2.05, 4.69) is 38.9 Å². The van der Waals surface area contributed by atoms with Crippen LogP contribution >= 0.6 is 0 Å². The summed E-state index contributed by atoms with van der Waals surface area (Å²) in [7, 11) is -0.501. The molecule has 0 radical (unpaired) electrons. The number of hydrogen-bond donors (Lipinski definition) is 3. The molecule has 11 heteroatoms. The van der Waals surface area contributed by atoms with Gasteiger partial charge in [-0.15, -0.1) is 6.58 Å². The van der Waals surface area contributed by atoms with Crippen molar-refractivity contribution in [1.82, 2.24) is 9.88 Å². The topological polar surface area (TPSA) is 106 Å². The number of fused-ring (bicyclic) bond motifs is 1. The number of benzene rings is 2. The lowest BCUT2D eigenvalue weighted by Gasteiger charge is -2.28. The molecule has 0 saturated carbocycles. The molecule has 224 valence electrons. The van der Waals surface area contributed by atoms with Gasteiger partial charge in [0.1, 0.15) is 24.1 Å². The average Bonchev–Trinajstić information content (AvgIpc) is 3.60. The van der Waals surface area contributed by atoms with Crippen LogP contribution < -0.4 is 20.7 Å². The molecule has 0 aliphatic carbocycles. The molecule has 42 heavy (non-hydrogen) atoms. The molecule has 0 bridgehead atoms. The summed E-state index contributed by atoms with van der Waals surface area (Å²) in [6, 6.07) is 12.5. The minimum atomic E-state index is -3.55. The van der Waals surface area contributed by atoms with Crippen LogP contribution in [0.15, 0.2) is 60.0 Å². The van der Waals surface area contributed by atoms with Gasteiger partial charge < -0.3 is 34.7 Å². The SMILES string of the molecule is C=CCn1c(C#CCNc2ccc(S(=O)(=O)CC3O[C@H]3COC)cc2OC)cc2c(N[C@H]3CCNC[C@H]3F)cccc21. The molecule has 2 fully saturated rings. The van der Waals surface area contributed by atoms with E-state index in [0.717, 1.165) is 28.8 Å². The van der Waals surface area contributed by atoms with Crippen LogP contribution in [0.25, 0.3) is 10.9 Å². The van der Waals surface area contributed by atoms with Crippen LogP contribution in [-0.4, -0.2) is 83.6 Å². The van der Waals surface area contributed by atoms with Crippen molar-refractivity contribution in [1.29, 1.82) is 0 Å². The molecule has 1 aromatic heterocycles. The van der Waals surface area contributed by atoms with Crippen molar-refractivity contribution in [3.05, 3.63) is 60.8 Å². The zero-order chi connectivity index (χ0) is 29.7. The summed E-state index contributed by atoms with van der Waals surface area (Å²) in [6.45, 7) is 6.28. The number of alkyl halides is 1. The van der Waals surface area contributed by atoms with Crippen LogP contribution in [0.5, 0.6) is 5.75 Å². The zero-order valence-corrected chi connectivity index (χ0v) is 24.7. The lowest BCUT2D eigenvalue weighted by Crippen LogP contribution is -2.45. The van der Waals surface area contributed by atoms with Gasteiger partial charge in [-0.2, -0.15) is 0 Å². The fourth-order valence-electron chi connectivity index (χ4n) is 5.26. The Morgan fingerprint density at radius 3 is 2.83 bits per heavy atom. The first-order valence-corrected chi connectivity index (χ1v) is 15.6. The van der Waals surface area contributed by atoms with Gasteiger partial charge in [0.05, 0.1) is 53.8 Å².